The number of aromatic amines is 2. The summed E-state index contributed by atoms with van der Waals surface area (Å²) in [6.07, 6.45) is 7.35. The lowest BCUT2D eigenvalue weighted by atomic mass is 10.1. The Labute approximate surface area is 189 Å². The van der Waals surface area contributed by atoms with Crippen molar-refractivity contribution in [2.24, 2.45) is 0 Å². The van der Waals surface area contributed by atoms with Crippen LogP contribution >= 0.6 is 0 Å². The molecule has 0 amide bonds. The first-order chi connectivity index (χ1) is 16.2. The predicted molar refractivity (Wildman–Crippen MR) is 126 cm³/mol. The maximum atomic E-state index is 12.8. The van der Waals surface area contributed by atoms with Crippen LogP contribution in [0.2, 0.25) is 0 Å². The van der Waals surface area contributed by atoms with Crippen LogP contribution in [0.4, 0.5) is 5.82 Å². The first-order valence-electron chi connectivity index (χ1n) is 10.6. The number of rotatable bonds is 8. The lowest BCUT2D eigenvalue weighted by molar-refractivity contribution is 0.273. The van der Waals surface area contributed by atoms with Gasteiger partial charge in [0.2, 0.25) is 0 Å². The molecule has 0 saturated heterocycles. The third-order valence-electron chi connectivity index (χ3n) is 5.45. The Balaban J connectivity index is 1.45. The quantitative estimate of drug-likeness (QED) is 0.293. The molecular weight excluding hydrogens is 418 g/mol. The minimum absolute atomic E-state index is 0.111. The summed E-state index contributed by atoms with van der Waals surface area (Å²) in [5.74, 6) is 0.782. The summed E-state index contributed by atoms with van der Waals surface area (Å²) in [6, 6.07) is 15.5. The predicted octanol–water partition coefficient (Wildman–Crippen LogP) is 2.57. The van der Waals surface area contributed by atoms with E-state index < -0.39 is 0 Å². The van der Waals surface area contributed by atoms with Crippen LogP contribution in [0, 0.1) is 0 Å². The number of aliphatic hydroxyl groups is 1. The van der Waals surface area contributed by atoms with Crippen molar-refractivity contribution < 1.29 is 5.11 Å². The van der Waals surface area contributed by atoms with E-state index >= 15 is 0 Å². The van der Waals surface area contributed by atoms with E-state index in [-0.39, 0.29) is 18.2 Å². The average molecular weight is 441 g/mol. The van der Waals surface area contributed by atoms with Gasteiger partial charge >= 0.3 is 0 Å². The van der Waals surface area contributed by atoms with Gasteiger partial charge in [0, 0.05) is 18.9 Å². The molecule has 0 unspecified atom stereocenters. The molecule has 0 bridgehead atoms. The van der Waals surface area contributed by atoms with Crippen molar-refractivity contribution in [3.05, 3.63) is 95.1 Å². The molecule has 9 nitrogen and oxygen atoms in total. The number of imidazole rings is 2. The molecule has 2 aromatic carbocycles. The maximum absolute atomic E-state index is 12.8. The van der Waals surface area contributed by atoms with Gasteiger partial charge in [-0.05, 0) is 29.7 Å². The Bertz CT molecular complexity index is 1410. The molecule has 166 valence electrons. The second kappa shape index (κ2) is 9.09. The second-order valence-electron chi connectivity index (χ2n) is 7.84. The largest absolute Gasteiger partial charge is 0.394 e. The summed E-state index contributed by atoms with van der Waals surface area (Å²) in [5.41, 5.74) is 3.70. The Morgan fingerprint density at radius 3 is 2.79 bits per heavy atom. The van der Waals surface area contributed by atoms with E-state index in [1.165, 1.54) is 6.33 Å². The van der Waals surface area contributed by atoms with Crippen LogP contribution in [0.1, 0.15) is 11.1 Å². The molecule has 0 radical (unpaired) electrons. The number of hydrogen-bond acceptors (Lipinski definition) is 6. The normalized spacial score (nSPS) is 12.2. The van der Waals surface area contributed by atoms with E-state index in [2.05, 4.69) is 30.2 Å². The zero-order chi connectivity index (χ0) is 22.6. The number of fused-ring (bicyclic) bond motifs is 1. The molecule has 3 aromatic heterocycles. The highest BCUT2D eigenvalue weighted by Gasteiger charge is 2.19. The average Bonchev–Trinajstić information content (AvgIpc) is 3.49. The third kappa shape index (κ3) is 4.53. The minimum atomic E-state index is -0.318. The molecule has 5 rings (SSSR count). The Hall–Kier alpha value is -4.24. The fraction of sp³-hybridized carbons (Fsp3) is 0.167. The minimum Gasteiger partial charge on any atom is -0.394 e. The van der Waals surface area contributed by atoms with Gasteiger partial charge in [-0.2, -0.15) is 0 Å². The van der Waals surface area contributed by atoms with Crippen molar-refractivity contribution in [2.45, 2.75) is 19.0 Å². The van der Waals surface area contributed by atoms with Crippen LogP contribution in [0.15, 0.2) is 78.4 Å². The number of anilines is 1. The van der Waals surface area contributed by atoms with Gasteiger partial charge in [0.05, 0.1) is 36.3 Å². The molecule has 0 aliphatic rings. The van der Waals surface area contributed by atoms with E-state index in [1.807, 2.05) is 59.3 Å². The molecule has 1 atom stereocenters. The van der Waals surface area contributed by atoms with Crippen molar-refractivity contribution in [3.8, 4) is 11.4 Å². The monoisotopic (exact) mass is 441 g/mol. The fourth-order valence-corrected chi connectivity index (χ4v) is 3.85. The summed E-state index contributed by atoms with van der Waals surface area (Å²) in [6.45, 7) is 0.572. The molecule has 0 spiro atoms. The molecule has 33 heavy (non-hydrogen) atoms. The highest BCUT2D eigenvalue weighted by Crippen LogP contribution is 2.24. The lowest BCUT2D eigenvalue weighted by Crippen LogP contribution is -2.28. The Kier molecular flexibility index (Phi) is 5.69. The molecular formula is C24H23N7O2. The molecule has 0 aliphatic heterocycles. The molecule has 5 aromatic rings. The van der Waals surface area contributed by atoms with Crippen LogP contribution in [-0.2, 0) is 13.0 Å². The van der Waals surface area contributed by atoms with Gasteiger partial charge in [0.1, 0.15) is 17.2 Å². The zero-order valence-electron chi connectivity index (χ0n) is 17.8. The number of nitrogens with zero attached hydrogens (tertiary/aromatic N) is 4. The number of benzene rings is 2. The summed E-state index contributed by atoms with van der Waals surface area (Å²) < 4.78 is 1.98. The van der Waals surface area contributed by atoms with Crippen molar-refractivity contribution >= 4 is 16.9 Å². The SMILES string of the molecule is O=c1[nH]cnc(N[C@H](CO)Cc2ccccc2)c1-c1nc2ccc(Cn3ccnc3)cc2[nH]1. The van der Waals surface area contributed by atoms with E-state index in [1.54, 1.807) is 12.5 Å². The Morgan fingerprint density at radius 1 is 1.12 bits per heavy atom. The number of aromatic nitrogens is 6. The summed E-state index contributed by atoms with van der Waals surface area (Å²) in [7, 11) is 0. The van der Waals surface area contributed by atoms with Gasteiger partial charge in [0.25, 0.3) is 5.56 Å². The number of nitrogens with one attached hydrogen (secondary N) is 3. The second-order valence-corrected chi connectivity index (χ2v) is 7.84. The molecule has 9 heteroatoms. The van der Waals surface area contributed by atoms with Gasteiger partial charge in [-0.15, -0.1) is 0 Å². The first kappa shape index (κ1) is 20.7. The molecule has 0 aliphatic carbocycles. The Morgan fingerprint density at radius 2 is 2.00 bits per heavy atom. The summed E-state index contributed by atoms with van der Waals surface area (Å²) in [5, 5.41) is 13.1. The smallest absolute Gasteiger partial charge is 0.263 e. The summed E-state index contributed by atoms with van der Waals surface area (Å²) >= 11 is 0. The van der Waals surface area contributed by atoms with Gasteiger partial charge in [0.15, 0.2) is 0 Å². The number of H-pyrrole nitrogens is 2. The van der Waals surface area contributed by atoms with Gasteiger partial charge < -0.3 is 25.0 Å². The first-order valence-corrected chi connectivity index (χ1v) is 10.6. The topological polar surface area (TPSA) is 125 Å². The van der Waals surface area contributed by atoms with Crippen molar-refractivity contribution in [1.82, 2.24) is 29.5 Å². The van der Waals surface area contributed by atoms with E-state index in [0.717, 1.165) is 22.2 Å². The van der Waals surface area contributed by atoms with E-state index in [4.69, 9.17) is 0 Å². The van der Waals surface area contributed by atoms with E-state index in [0.29, 0.717) is 30.2 Å². The zero-order valence-corrected chi connectivity index (χ0v) is 17.8. The van der Waals surface area contributed by atoms with Gasteiger partial charge in [-0.1, -0.05) is 36.4 Å². The van der Waals surface area contributed by atoms with Crippen LogP contribution in [0.5, 0.6) is 0 Å². The van der Waals surface area contributed by atoms with Crippen LogP contribution in [0.25, 0.3) is 22.4 Å². The molecule has 0 saturated carbocycles. The van der Waals surface area contributed by atoms with E-state index in [9.17, 15) is 9.90 Å². The standard InChI is InChI=1S/C24H23N7O2/c32-13-18(10-16-4-2-1-3-5-16)28-22-21(24(33)27-14-26-22)23-29-19-7-6-17(11-20(19)30-23)12-31-9-8-25-15-31/h1-9,11,14-15,18,32H,10,12-13H2,(H,29,30)(H2,26,27,28,33)/t18-/m0/s1. The van der Waals surface area contributed by atoms with Crippen LogP contribution < -0.4 is 10.9 Å². The van der Waals surface area contributed by atoms with Crippen molar-refractivity contribution in [2.75, 3.05) is 11.9 Å². The molecule has 4 N–H and O–H groups in total. The maximum Gasteiger partial charge on any atom is 0.263 e. The highest BCUT2D eigenvalue weighted by molar-refractivity contribution is 5.82. The highest BCUT2D eigenvalue weighted by atomic mass is 16.3. The number of aliphatic hydroxyl groups excluding tert-OH is 1. The lowest BCUT2D eigenvalue weighted by Gasteiger charge is -2.18. The number of hydrogen-bond donors (Lipinski definition) is 4. The van der Waals surface area contributed by atoms with Crippen molar-refractivity contribution in [1.29, 1.82) is 0 Å². The third-order valence-corrected chi connectivity index (χ3v) is 5.45. The van der Waals surface area contributed by atoms with Crippen LogP contribution in [-0.4, -0.2) is 47.2 Å². The summed E-state index contributed by atoms with van der Waals surface area (Å²) in [4.78, 5) is 31.7. The molecule has 3 heterocycles. The fourth-order valence-electron chi connectivity index (χ4n) is 3.85. The molecule has 0 fully saturated rings. The van der Waals surface area contributed by atoms with Gasteiger partial charge in [-0.3, -0.25) is 4.79 Å². The van der Waals surface area contributed by atoms with Crippen molar-refractivity contribution in [3.63, 3.8) is 0 Å². The van der Waals surface area contributed by atoms with Gasteiger partial charge in [-0.25, -0.2) is 15.0 Å². The van der Waals surface area contributed by atoms with Crippen LogP contribution in [0.3, 0.4) is 0 Å².